The summed E-state index contributed by atoms with van der Waals surface area (Å²) in [5, 5.41) is 2.46. The van der Waals surface area contributed by atoms with E-state index in [1.54, 1.807) is 23.9 Å². The minimum absolute atomic E-state index is 0.186. The summed E-state index contributed by atoms with van der Waals surface area (Å²) >= 11 is 0. The van der Waals surface area contributed by atoms with E-state index in [0.717, 1.165) is 11.4 Å². The fourth-order valence-corrected chi connectivity index (χ4v) is 5.66. The van der Waals surface area contributed by atoms with E-state index in [1.807, 2.05) is 41.7 Å². The van der Waals surface area contributed by atoms with E-state index in [0.29, 0.717) is 0 Å². The van der Waals surface area contributed by atoms with Crippen molar-refractivity contribution in [2.24, 2.45) is 0 Å². The van der Waals surface area contributed by atoms with Crippen LogP contribution in [0.1, 0.15) is 6.42 Å². The van der Waals surface area contributed by atoms with E-state index in [2.05, 4.69) is 57.5 Å². The molecule has 0 aliphatic heterocycles. The molecule has 2 aromatic rings. The SMILES string of the molecule is C=C[Si](C)(C)c1ccc(N(C)C(=O)CC(=O)N(C)c2cccc([Si](C)(C)C=C)c2)cc1. The van der Waals surface area contributed by atoms with Gasteiger partial charge in [0.1, 0.15) is 22.6 Å². The highest BCUT2D eigenvalue weighted by Gasteiger charge is 2.23. The minimum atomic E-state index is -1.73. The zero-order valence-corrected chi connectivity index (χ0v) is 21.6. The molecule has 6 heteroatoms. The molecule has 0 aliphatic carbocycles. The highest BCUT2D eigenvalue weighted by molar-refractivity contribution is 6.94. The van der Waals surface area contributed by atoms with E-state index >= 15 is 0 Å². The van der Waals surface area contributed by atoms with Crippen molar-refractivity contribution >= 4 is 49.7 Å². The van der Waals surface area contributed by atoms with Crippen LogP contribution in [0.5, 0.6) is 0 Å². The third kappa shape index (κ3) is 5.71. The van der Waals surface area contributed by atoms with Crippen LogP contribution in [0.4, 0.5) is 11.4 Å². The molecule has 0 unspecified atom stereocenters. The first kappa shape index (κ1) is 24.6. The monoisotopic (exact) mass is 450 g/mol. The first-order valence-corrected chi connectivity index (χ1v) is 16.6. The van der Waals surface area contributed by atoms with Gasteiger partial charge in [0.05, 0.1) is 0 Å². The van der Waals surface area contributed by atoms with Crippen LogP contribution in [-0.2, 0) is 9.59 Å². The van der Waals surface area contributed by atoms with Gasteiger partial charge in [-0.05, 0) is 24.3 Å². The fraction of sp³-hybridized carbons (Fsp3) is 0.280. The Balaban J connectivity index is 2.11. The Morgan fingerprint density at radius 1 is 0.774 bits per heavy atom. The summed E-state index contributed by atoms with van der Waals surface area (Å²) < 4.78 is 0. The van der Waals surface area contributed by atoms with Crippen LogP contribution in [0.25, 0.3) is 0 Å². The second kappa shape index (κ2) is 9.62. The molecular weight excluding hydrogens is 416 g/mol. The Kier molecular flexibility index (Phi) is 7.62. The third-order valence-corrected chi connectivity index (χ3v) is 11.7. The molecule has 4 nitrogen and oxygen atoms in total. The van der Waals surface area contributed by atoms with Gasteiger partial charge >= 0.3 is 0 Å². The topological polar surface area (TPSA) is 40.6 Å². The molecule has 0 N–H and O–H groups in total. The van der Waals surface area contributed by atoms with Gasteiger partial charge in [-0.3, -0.25) is 9.59 Å². The molecule has 0 aromatic heterocycles. The summed E-state index contributed by atoms with van der Waals surface area (Å²) in [6, 6.07) is 15.9. The molecule has 0 saturated carbocycles. The van der Waals surface area contributed by atoms with Crippen LogP contribution >= 0.6 is 0 Å². The molecule has 0 saturated heterocycles. The number of benzene rings is 2. The summed E-state index contributed by atoms with van der Waals surface area (Å²) in [4.78, 5) is 28.7. The summed E-state index contributed by atoms with van der Waals surface area (Å²) in [7, 11) is 0.0494. The van der Waals surface area contributed by atoms with Crippen molar-refractivity contribution in [1.82, 2.24) is 0 Å². The summed E-state index contributed by atoms with van der Waals surface area (Å²) in [6.07, 6.45) is -0.186. The van der Waals surface area contributed by atoms with Gasteiger partial charge in [0.2, 0.25) is 11.8 Å². The number of carbonyl (C=O) groups excluding carboxylic acids is 2. The van der Waals surface area contributed by atoms with Crippen molar-refractivity contribution in [2.45, 2.75) is 32.6 Å². The molecule has 0 spiro atoms. The van der Waals surface area contributed by atoms with Crippen LogP contribution in [-0.4, -0.2) is 42.1 Å². The van der Waals surface area contributed by atoms with Crippen molar-refractivity contribution < 1.29 is 9.59 Å². The van der Waals surface area contributed by atoms with Gasteiger partial charge in [-0.25, -0.2) is 0 Å². The van der Waals surface area contributed by atoms with E-state index < -0.39 is 16.1 Å². The van der Waals surface area contributed by atoms with Gasteiger partial charge in [0.25, 0.3) is 0 Å². The lowest BCUT2D eigenvalue weighted by Crippen LogP contribution is -2.40. The lowest BCUT2D eigenvalue weighted by atomic mass is 10.2. The van der Waals surface area contributed by atoms with E-state index in [1.165, 1.54) is 10.4 Å². The van der Waals surface area contributed by atoms with Gasteiger partial charge in [0.15, 0.2) is 0 Å². The molecule has 0 aliphatic rings. The van der Waals surface area contributed by atoms with Crippen molar-refractivity contribution in [2.75, 3.05) is 23.9 Å². The maximum absolute atomic E-state index is 12.8. The standard InChI is InChI=1S/C25H34N2O2Si2/c1-9-30(5,6)22-16-14-20(15-17-22)26(3)24(28)19-25(29)27(4)21-12-11-13-23(18-21)31(7,8)10-2/h9-18H,1-2,19H2,3-8H3. The Morgan fingerprint density at radius 3 is 1.77 bits per heavy atom. The third-order valence-electron chi connectivity index (χ3n) is 6.05. The first-order valence-electron chi connectivity index (χ1n) is 10.4. The van der Waals surface area contributed by atoms with Crippen LogP contribution < -0.4 is 20.2 Å². The van der Waals surface area contributed by atoms with Crippen LogP contribution in [0, 0.1) is 0 Å². The molecule has 0 atom stereocenters. The average Bonchev–Trinajstić information content (AvgIpc) is 2.78. The molecule has 2 aromatic carbocycles. The van der Waals surface area contributed by atoms with Gasteiger partial charge in [-0.1, -0.05) is 72.2 Å². The van der Waals surface area contributed by atoms with Gasteiger partial charge in [-0.2, -0.15) is 0 Å². The molecule has 0 radical (unpaired) electrons. The number of hydrogen-bond donors (Lipinski definition) is 0. The predicted molar refractivity (Wildman–Crippen MR) is 139 cm³/mol. The number of hydrogen-bond acceptors (Lipinski definition) is 2. The molecule has 164 valence electrons. The highest BCUT2D eigenvalue weighted by Crippen LogP contribution is 2.17. The molecule has 0 heterocycles. The Labute approximate surface area is 188 Å². The maximum Gasteiger partial charge on any atom is 0.236 e. The van der Waals surface area contributed by atoms with E-state index in [-0.39, 0.29) is 18.2 Å². The van der Waals surface area contributed by atoms with Crippen molar-refractivity contribution in [3.63, 3.8) is 0 Å². The number of rotatable bonds is 8. The Morgan fingerprint density at radius 2 is 1.26 bits per heavy atom. The lowest BCUT2D eigenvalue weighted by Gasteiger charge is -2.24. The molecule has 0 bridgehead atoms. The second-order valence-corrected chi connectivity index (χ2v) is 17.9. The zero-order valence-electron chi connectivity index (χ0n) is 19.6. The second-order valence-electron chi connectivity index (χ2n) is 9.03. The Hall–Kier alpha value is -2.71. The smallest absolute Gasteiger partial charge is 0.236 e. The predicted octanol–water partition coefficient (Wildman–Crippen LogP) is 3.98. The quantitative estimate of drug-likeness (QED) is 0.451. The van der Waals surface area contributed by atoms with Gasteiger partial charge in [-0.15, -0.1) is 13.2 Å². The molecule has 31 heavy (non-hydrogen) atoms. The largest absolute Gasteiger partial charge is 0.315 e. The molecular formula is C25H34N2O2Si2. The fourth-order valence-electron chi connectivity index (χ4n) is 3.12. The zero-order chi connectivity index (χ0) is 23.4. The van der Waals surface area contributed by atoms with Crippen molar-refractivity contribution in [3.05, 3.63) is 73.1 Å². The molecule has 0 fully saturated rings. The highest BCUT2D eigenvalue weighted by atomic mass is 28.3. The number of carbonyl (C=O) groups is 2. The van der Waals surface area contributed by atoms with Gasteiger partial charge < -0.3 is 9.80 Å². The van der Waals surface area contributed by atoms with Crippen molar-refractivity contribution in [1.29, 1.82) is 0 Å². The maximum atomic E-state index is 12.8. The lowest BCUT2D eigenvalue weighted by molar-refractivity contribution is -0.126. The van der Waals surface area contributed by atoms with Crippen molar-refractivity contribution in [3.8, 4) is 0 Å². The first-order chi connectivity index (χ1) is 14.4. The van der Waals surface area contributed by atoms with E-state index in [9.17, 15) is 9.59 Å². The summed E-state index contributed by atoms with van der Waals surface area (Å²) in [6.45, 7) is 16.8. The average molecular weight is 451 g/mol. The van der Waals surface area contributed by atoms with Crippen LogP contribution in [0.2, 0.25) is 26.2 Å². The van der Waals surface area contributed by atoms with Crippen LogP contribution in [0.3, 0.4) is 0 Å². The number of anilines is 2. The van der Waals surface area contributed by atoms with E-state index in [4.69, 9.17) is 0 Å². The minimum Gasteiger partial charge on any atom is -0.315 e. The Bertz CT molecular complexity index is 981. The number of nitrogens with zero attached hydrogens (tertiary/aromatic N) is 2. The van der Waals surface area contributed by atoms with Crippen LogP contribution in [0.15, 0.2) is 73.1 Å². The normalized spacial score (nSPS) is 11.5. The molecule has 2 amide bonds. The summed E-state index contributed by atoms with van der Waals surface area (Å²) in [5.41, 5.74) is 5.63. The molecule has 2 rings (SSSR count). The summed E-state index contributed by atoms with van der Waals surface area (Å²) in [5.74, 6) is -0.467. The number of amides is 2. The van der Waals surface area contributed by atoms with Gasteiger partial charge in [0, 0.05) is 25.5 Å².